The molecule has 1 aliphatic heterocycles. The molecule has 1 saturated heterocycles. The minimum atomic E-state index is -0.537. The summed E-state index contributed by atoms with van der Waals surface area (Å²) >= 11 is 0. The van der Waals surface area contributed by atoms with Crippen molar-refractivity contribution in [1.82, 2.24) is 14.9 Å². The van der Waals surface area contributed by atoms with E-state index < -0.39 is 5.60 Å². The second kappa shape index (κ2) is 9.16. The summed E-state index contributed by atoms with van der Waals surface area (Å²) in [5.41, 5.74) is 6.01. The summed E-state index contributed by atoms with van der Waals surface area (Å²) in [4.78, 5) is 22.9. The van der Waals surface area contributed by atoms with Gasteiger partial charge in [-0.3, -0.25) is 0 Å². The van der Waals surface area contributed by atoms with Crippen LogP contribution < -0.4 is 20.5 Å². The van der Waals surface area contributed by atoms with Gasteiger partial charge in [0.2, 0.25) is 5.95 Å². The molecule has 1 fully saturated rings. The minimum absolute atomic E-state index is 0.0119. The number of amides is 1. The van der Waals surface area contributed by atoms with Gasteiger partial charge in [-0.15, -0.1) is 6.42 Å². The van der Waals surface area contributed by atoms with E-state index in [0.717, 1.165) is 18.2 Å². The fourth-order valence-electron chi connectivity index (χ4n) is 3.44. The van der Waals surface area contributed by atoms with E-state index in [2.05, 4.69) is 21.2 Å². The number of carbonyl (C=O) groups is 1. The zero-order valence-electron chi connectivity index (χ0n) is 18.4. The Morgan fingerprint density at radius 3 is 2.81 bits per heavy atom. The van der Waals surface area contributed by atoms with E-state index in [4.69, 9.17) is 26.4 Å². The van der Waals surface area contributed by atoms with Crippen LogP contribution >= 0.6 is 0 Å². The van der Waals surface area contributed by atoms with Gasteiger partial charge in [-0.25, -0.2) is 9.78 Å². The number of nitrogens with one attached hydrogen (secondary N) is 1. The highest BCUT2D eigenvalue weighted by Crippen LogP contribution is 2.35. The van der Waals surface area contributed by atoms with Crippen LogP contribution in [0.5, 0.6) is 11.5 Å². The lowest BCUT2D eigenvalue weighted by Gasteiger charge is -2.34. The van der Waals surface area contributed by atoms with E-state index in [1.807, 2.05) is 20.8 Å². The quantitative estimate of drug-likeness (QED) is 0.701. The molecule has 1 aliphatic rings. The molecule has 9 nitrogen and oxygen atoms in total. The molecule has 1 atom stereocenters. The van der Waals surface area contributed by atoms with Crippen molar-refractivity contribution in [1.29, 1.82) is 0 Å². The maximum Gasteiger partial charge on any atom is 0.410 e. The second-order valence-corrected chi connectivity index (χ2v) is 8.35. The average Bonchev–Trinajstić information content (AvgIpc) is 2.70. The summed E-state index contributed by atoms with van der Waals surface area (Å²) in [5, 5.41) is 4.15. The lowest BCUT2D eigenvalue weighted by Crippen LogP contribution is -2.47. The standard InChI is InChI=1S/C22H29N5O4/c1-6-10-30-18-12-16-15(11-17(18)29-5)19(26-20(23)25-16)24-14-8-7-9-27(13-14)21(28)31-22(2,3)4/h1,11-12,14H,7-10,13H2,2-5H3,(H3,23,24,25,26)/t14-/m1/s1. The van der Waals surface area contributed by atoms with Crippen molar-refractivity contribution in [2.45, 2.75) is 45.3 Å². The lowest BCUT2D eigenvalue weighted by molar-refractivity contribution is 0.0206. The molecule has 1 aromatic carbocycles. The Morgan fingerprint density at radius 2 is 2.13 bits per heavy atom. The summed E-state index contributed by atoms with van der Waals surface area (Å²) < 4.78 is 16.5. The second-order valence-electron chi connectivity index (χ2n) is 8.35. The Balaban J connectivity index is 1.85. The Hall–Kier alpha value is -3.41. The van der Waals surface area contributed by atoms with Crippen LogP contribution in [0.25, 0.3) is 10.9 Å². The average molecular weight is 428 g/mol. The van der Waals surface area contributed by atoms with Crippen LogP contribution in [0.2, 0.25) is 0 Å². The number of hydrogen-bond donors (Lipinski definition) is 2. The van der Waals surface area contributed by atoms with Gasteiger partial charge in [-0.1, -0.05) is 5.92 Å². The number of anilines is 2. The van der Waals surface area contributed by atoms with Gasteiger partial charge in [-0.2, -0.15) is 4.98 Å². The number of hydrogen-bond acceptors (Lipinski definition) is 8. The highest BCUT2D eigenvalue weighted by molar-refractivity contribution is 5.92. The SMILES string of the molecule is C#CCOc1cc2nc(N)nc(N[C@@H]3CCCN(C(=O)OC(C)(C)C)C3)c2cc1OC. The molecule has 1 amide bonds. The van der Waals surface area contributed by atoms with Crippen LogP contribution in [0.4, 0.5) is 16.6 Å². The van der Waals surface area contributed by atoms with Gasteiger partial charge in [0.25, 0.3) is 0 Å². The van der Waals surface area contributed by atoms with Gasteiger partial charge in [-0.05, 0) is 39.7 Å². The lowest BCUT2D eigenvalue weighted by atomic mass is 10.1. The predicted octanol–water partition coefficient (Wildman–Crippen LogP) is 3.04. The van der Waals surface area contributed by atoms with Crippen molar-refractivity contribution >= 4 is 28.8 Å². The molecule has 1 aromatic heterocycles. The fraction of sp³-hybridized carbons (Fsp3) is 0.500. The number of aromatic nitrogens is 2. The number of methoxy groups -OCH3 is 1. The van der Waals surface area contributed by atoms with E-state index in [1.54, 1.807) is 24.1 Å². The number of nitrogens with two attached hydrogens (primary N) is 1. The highest BCUT2D eigenvalue weighted by atomic mass is 16.6. The van der Waals surface area contributed by atoms with E-state index in [-0.39, 0.29) is 24.7 Å². The molecule has 0 saturated carbocycles. The number of benzene rings is 1. The van der Waals surface area contributed by atoms with Crippen LogP contribution in [0, 0.1) is 12.3 Å². The summed E-state index contributed by atoms with van der Waals surface area (Å²) in [6.45, 7) is 6.83. The summed E-state index contributed by atoms with van der Waals surface area (Å²) in [7, 11) is 1.55. The Labute approximate surface area is 182 Å². The summed E-state index contributed by atoms with van der Waals surface area (Å²) in [5.74, 6) is 4.12. The Bertz CT molecular complexity index is 996. The smallest absolute Gasteiger partial charge is 0.410 e. The third-order valence-electron chi connectivity index (χ3n) is 4.72. The number of likely N-dealkylation sites (tertiary alicyclic amines) is 1. The van der Waals surface area contributed by atoms with Gasteiger partial charge < -0.3 is 30.2 Å². The van der Waals surface area contributed by atoms with Gasteiger partial charge in [0.1, 0.15) is 18.0 Å². The van der Waals surface area contributed by atoms with E-state index in [0.29, 0.717) is 35.9 Å². The fourth-order valence-corrected chi connectivity index (χ4v) is 3.44. The molecule has 31 heavy (non-hydrogen) atoms. The first-order valence-corrected chi connectivity index (χ1v) is 10.2. The number of piperidine rings is 1. The number of rotatable bonds is 5. The monoisotopic (exact) mass is 427 g/mol. The molecule has 9 heteroatoms. The molecule has 3 rings (SSSR count). The molecule has 0 radical (unpaired) electrons. The summed E-state index contributed by atoms with van der Waals surface area (Å²) in [6.07, 6.45) is 6.70. The minimum Gasteiger partial charge on any atom is -0.493 e. The van der Waals surface area contributed by atoms with E-state index in [1.165, 1.54) is 0 Å². The molecule has 2 aromatic rings. The number of fused-ring (bicyclic) bond motifs is 1. The van der Waals surface area contributed by atoms with Crippen molar-refractivity contribution in [2.24, 2.45) is 0 Å². The maximum absolute atomic E-state index is 12.5. The maximum atomic E-state index is 12.5. The highest BCUT2D eigenvalue weighted by Gasteiger charge is 2.28. The van der Waals surface area contributed by atoms with Gasteiger partial charge >= 0.3 is 6.09 Å². The molecule has 0 bridgehead atoms. The van der Waals surface area contributed by atoms with Gasteiger partial charge in [0.05, 0.1) is 12.6 Å². The molecule has 166 valence electrons. The van der Waals surface area contributed by atoms with Crippen molar-refractivity contribution in [3.8, 4) is 23.8 Å². The zero-order chi connectivity index (χ0) is 22.6. The first kappa shape index (κ1) is 22.3. The van der Waals surface area contributed by atoms with E-state index >= 15 is 0 Å². The van der Waals surface area contributed by atoms with Gasteiger partial charge in [0.15, 0.2) is 11.5 Å². The number of terminal acetylenes is 1. The Morgan fingerprint density at radius 1 is 1.35 bits per heavy atom. The topological polar surface area (TPSA) is 112 Å². The van der Waals surface area contributed by atoms with Crippen LogP contribution in [-0.4, -0.2) is 59.4 Å². The molecule has 3 N–H and O–H groups in total. The third kappa shape index (κ3) is 5.60. The molecular formula is C22H29N5O4. The largest absolute Gasteiger partial charge is 0.493 e. The van der Waals surface area contributed by atoms with Crippen molar-refractivity contribution in [2.75, 3.05) is 37.9 Å². The molecular weight excluding hydrogens is 398 g/mol. The molecule has 0 unspecified atom stereocenters. The number of nitrogens with zero attached hydrogens (tertiary/aromatic N) is 3. The first-order chi connectivity index (χ1) is 14.7. The summed E-state index contributed by atoms with van der Waals surface area (Å²) in [6, 6.07) is 3.50. The van der Waals surface area contributed by atoms with Crippen LogP contribution in [-0.2, 0) is 4.74 Å². The number of carbonyl (C=O) groups excluding carboxylic acids is 1. The number of nitrogen functional groups attached to an aromatic ring is 1. The van der Waals surface area contributed by atoms with Crippen LogP contribution in [0.1, 0.15) is 33.6 Å². The molecule has 0 aliphatic carbocycles. The van der Waals surface area contributed by atoms with Gasteiger partial charge in [0, 0.05) is 30.6 Å². The normalized spacial score (nSPS) is 16.5. The Kier molecular flexibility index (Phi) is 6.59. The number of ether oxygens (including phenoxy) is 3. The van der Waals surface area contributed by atoms with Crippen LogP contribution in [0.15, 0.2) is 12.1 Å². The molecule has 0 spiro atoms. The molecule has 2 heterocycles. The predicted molar refractivity (Wildman–Crippen MR) is 119 cm³/mol. The zero-order valence-corrected chi connectivity index (χ0v) is 18.4. The van der Waals surface area contributed by atoms with Crippen molar-refractivity contribution in [3.63, 3.8) is 0 Å². The van der Waals surface area contributed by atoms with E-state index in [9.17, 15) is 4.79 Å². The van der Waals surface area contributed by atoms with Crippen molar-refractivity contribution in [3.05, 3.63) is 12.1 Å². The van der Waals surface area contributed by atoms with Crippen molar-refractivity contribution < 1.29 is 19.0 Å². The third-order valence-corrected chi connectivity index (χ3v) is 4.72. The first-order valence-electron chi connectivity index (χ1n) is 10.2. The van der Waals surface area contributed by atoms with Crippen LogP contribution in [0.3, 0.4) is 0 Å².